The van der Waals surface area contributed by atoms with E-state index in [9.17, 15) is 4.79 Å². The molecule has 2 N–H and O–H groups in total. The van der Waals surface area contributed by atoms with Crippen molar-refractivity contribution in [3.8, 4) is 0 Å². The molecule has 0 bridgehead atoms. The van der Waals surface area contributed by atoms with Crippen LogP contribution in [0.5, 0.6) is 0 Å². The van der Waals surface area contributed by atoms with Crippen molar-refractivity contribution in [2.45, 2.75) is 65.1 Å². The van der Waals surface area contributed by atoms with Crippen LogP contribution in [-0.2, 0) is 17.9 Å². The molecule has 0 spiro atoms. The molecular weight excluding hydrogens is 457 g/mol. The van der Waals surface area contributed by atoms with E-state index in [0.29, 0.717) is 12.5 Å². The monoisotopic (exact) mass is 489 g/mol. The minimum Gasteiger partial charge on any atom is -0.357 e. The average Bonchev–Trinajstić information content (AvgIpc) is 3.40. The maximum Gasteiger partial charge on any atom is 0.225 e. The predicted molar refractivity (Wildman–Crippen MR) is 116 cm³/mol. The van der Waals surface area contributed by atoms with Gasteiger partial charge in [-0.05, 0) is 33.1 Å². The SMILES string of the molecule is CCNC(=NCc1nncn1CC)NC1CCN(C(=O)C2CCCC2)C1.I. The van der Waals surface area contributed by atoms with Gasteiger partial charge in [-0.1, -0.05) is 12.8 Å². The van der Waals surface area contributed by atoms with E-state index < -0.39 is 0 Å². The Kier molecular flexibility index (Phi) is 8.78. The zero-order chi connectivity index (χ0) is 18.4. The van der Waals surface area contributed by atoms with Gasteiger partial charge in [0.15, 0.2) is 11.8 Å². The standard InChI is InChI=1S/C18H31N7O.HI/c1-3-19-18(20-11-16-23-21-13-24(16)4-2)22-15-9-10-25(12-15)17(26)14-7-5-6-8-14;/h13-15H,3-12H2,1-2H3,(H2,19,20,22);1H. The fourth-order valence-electron chi connectivity index (χ4n) is 3.84. The van der Waals surface area contributed by atoms with Crippen LogP contribution < -0.4 is 10.6 Å². The van der Waals surface area contributed by atoms with Crippen molar-refractivity contribution in [2.24, 2.45) is 10.9 Å². The molecule has 9 heteroatoms. The van der Waals surface area contributed by atoms with E-state index in [1.807, 2.05) is 9.47 Å². The number of nitrogens with zero attached hydrogens (tertiary/aromatic N) is 5. The van der Waals surface area contributed by atoms with Gasteiger partial charge in [-0.2, -0.15) is 0 Å². The second kappa shape index (κ2) is 10.8. The molecule has 8 nitrogen and oxygen atoms in total. The fraction of sp³-hybridized carbons (Fsp3) is 0.778. The van der Waals surface area contributed by atoms with Crippen LogP contribution in [0.25, 0.3) is 0 Å². The molecular formula is C18H32IN7O. The Bertz CT molecular complexity index is 627. The van der Waals surface area contributed by atoms with Crippen LogP contribution in [0, 0.1) is 5.92 Å². The molecule has 1 atom stereocenters. The summed E-state index contributed by atoms with van der Waals surface area (Å²) in [6.45, 7) is 7.85. The van der Waals surface area contributed by atoms with Gasteiger partial charge in [-0.25, -0.2) is 4.99 Å². The van der Waals surface area contributed by atoms with Crippen molar-refractivity contribution in [2.75, 3.05) is 19.6 Å². The molecule has 1 unspecified atom stereocenters. The van der Waals surface area contributed by atoms with Gasteiger partial charge in [0.05, 0.1) is 0 Å². The van der Waals surface area contributed by atoms with Crippen LogP contribution in [0.1, 0.15) is 51.8 Å². The first-order chi connectivity index (χ1) is 12.7. The van der Waals surface area contributed by atoms with Crippen molar-refractivity contribution in [3.63, 3.8) is 0 Å². The number of carbonyl (C=O) groups is 1. The van der Waals surface area contributed by atoms with E-state index in [1.54, 1.807) is 6.33 Å². The smallest absolute Gasteiger partial charge is 0.225 e. The molecule has 1 amide bonds. The van der Waals surface area contributed by atoms with Gasteiger partial charge < -0.3 is 20.1 Å². The third-order valence-electron chi connectivity index (χ3n) is 5.30. The maximum absolute atomic E-state index is 12.6. The molecule has 2 heterocycles. The van der Waals surface area contributed by atoms with Gasteiger partial charge in [0, 0.05) is 38.1 Å². The number of amides is 1. The summed E-state index contributed by atoms with van der Waals surface area (Å²) in [5.41, 5.74) is 0. The van der Waals surface area contributed by atoms with Crippen LogP contribution in [0.3, 0.4) is 0 Å². The number of aromatic nitrogens is 3. The molecule has 2 aliphatic rings. The number of guanidine groups is 1. The Balaban J connectivity index is 0.00000261. The number of carbonyl (C=O) groups excluding carboxylic acids is 1. The number of hydrogen-bond acceptors (Lipinski definition) is 4. The minimum atomic E-state index is 0. The topological polar surface area (TPSA) is 87.4 Å². The maximum atomic E-state index is 12.6. The molecule has 1 aliphatic carbocycles. The second-order valence-corrected chi connectivity index (χ2v) is 7.12. The Morgan fingerprint density at radius 2 is 2.07 bits per heavy atom. The van der Waals surface area contributed by atoms with Crippen LogP contribution in [0.2, 0.25) is 0 Å². The fourth-order valence-corrected chi connectivity index (χ4v) is 3.84. The first kappa shape index (κ1) is 21.9. The quantitative estimate of drug-likeness (QED) is 0.362. The highest BCUT2D eigenvalue weighted by atomic mass is 127. The minimum absolute atomic E-state index is 0. The number of aliphatic imine (C=N–C) groups is 1. The summed E-state index contributed by atoms with van der Waals surface area (Å²) in [6, 6.07) is 0.252. The Morgan fingerprint density at radius 3 is 2.78 bits per heavy atom. The molecule has 1 saturated carbocycles. The van der Waals surface area contributed by atoms with Crippen molar-refractivity contribution in [1.82, 2.24) is 30.3 Å². The zero-order valence-corrected chi connectivity index (χ0v) is 18.7. The van der Waals surface area contributed by atoms with Crippen LogP contribution >= 0.6 is 24.0 Å². The Morgan fingerprint density at radius 1 is 1.30 bits per heavy atom. The van der Waals surface area contributed by atoms with Gasteiger partial charge in [-0.3, -0.25) is 4.79 Å². The lowest BCUT2D eigenvalue weighted by Crippen LogP contribution is -2.45. The number of nitrogens with one attached hydrogen (secondary N) is 2. The highest BCUT2D eigenvalue weighted by Crippen LogP contribution is 2.27. The summed E-state index contributed by atoms with van der Waals surface area (Å²) in [7, 11) is 0. The Labute approximate surface area is 178 Å². The average molecular weight is 489 g/mol. The van der Waals surface area contributed by atoms with Gasteiger partial charge >= 0.3 is 0 Å². The lowest BCUT2D eigenvalue weighted by molar-refractivity contribution is -0.134. The molecule has 3 rings (SSSR count). The summed E-state index contributed by atoms with van der Waals surface area (Å²) in [5, 5.41) is 14.8. The van der Waals surface area contributed by atoms with E-state index in [-0.39, 0.29) is 35.9 Å². The second-order valence-electron chi connectivity index (χ2n) is 7.12. The van der Waals surface area contributed by atoms with Crippen molar-refractivity contribution < 1.29 is 4.79 Å². The van der Waals surface area contributed by atoms with E-state index in [2.05, 4.69) is 39.7 Å². The molecule has 1 aliphatic heterocycles. The first-order valence-corrected chi connectivity index (χ1v) is 9.91. The van der Waals surface area contributed by atoms with E-state index in [0.717, 1.165) is 57.2 Å². The number of likely N-dealkylation sites (tertiary alicyclic amines) is 1. The molecule has 27 heavy (non-hydrogen) atoms. The first-order valence-electron chi connectivity index (χ1n) is 9.91. The summed E-state index contributed by atoms with van der Waals surface area (Å²) in [4.78, 5) is 19.3. The summed E-state index contributed by atoms with van der Waals surface area (Å²) >= 11 is 0. The van der Waals surface area contributed by atoms with Crippen molar-refractivity contribution >= 4 is 35.8 Å². The van der Waals surface area contributed by atoms with Gasteiger partial charge in [0.25, 0.3) is 0 Å². The van der Waals surface area contributed by atoms with Crippen LogP contribution in [-0.4, -0.2) is 57.2 Å². The van der Waals surface area contributed by atoms with Crippen LogP contribution in [0.15, 0.2) is 11.3 Å². The third kappa shape index (κ3) is 5.79. The molecule has 1 aromatic rings. The molecule has 1 aromatic heterocycles. The van der Waals surface area contributed by atoms with Gasteiger partial charge in [-0.15, -0.1) is 34.2 Å². The van der Waals surface area contributed by atoms with Gasteiger partial charge in [0.2, 0.25) is 5.91 Å². The van der Waals surface area contributed by atoms with E-state index in [1.165, 1.54) is 12.8 Å². The molecule has 1 saturated heterocycles. The number of halogens is 1. The zero-order valence-electron chi connectivity index (χ0n) is 16.4. The number of rotatable bonds is 6. The van der Waals surface area contributed by atoms with Gasteiger partial charge in [0.1, 0.15) is 12.9 Å². The van der Waals surface area contributed by atoms with E-state index in [4.69, 9.17) is 0 Å². The van der Waals surface area contributed by atoms with Crippen molar-refractivity contribution in [3.05, 3.63) is 12.2 Å². The summed E-state index contributed by atoms with van der Waals surface area (Å²) < 4.78 is 1.99. The Hall–Kier alpha value is -1.39. The summed E-state index contributed by atoms with van der Waals surface area (Å²) in [5.74, 6) is 2.24. The highest BCUT2D eigenvalue weighted by molar-refractivity contribution is 14.0. The lowest BCUT2D eigenvalue weighted by atomic mass is 10.1. The number of aryl methyl sites for hydroxylation is 1. The molecule has 0 radical (unpaired) electrons. The molecule has 2 fully saturated rings. The largest absolute Gasteiger partial charge is 0.357 e. The molecule has 152 valence electrons. The predicted octanol–water partition coefficient (Wildman–Crippen LogP) is 1.76. The van der Waals surface area contributed by atoms with E-state index >= 15 is 0 Å². The lowest BCUT2D eigenvalue weighted by Gasteiger charge is -2.21. The molecule has 0 aromatic carbocycles. The number of hydrogen-bond donors (Lipinski definition) is 2. The van der Waals surface area contributed by atoms with Crippen LogP contribution in [0.4, 0.5) is 0 Å². The normalized spacial score (nSPS) is 20.6. The van der Waals surface area contributed by atoms with Crippen molar-refractivity contribution in [1.29, 1.82) is 0 Å². The third-order valence-corrected chi connectivity index (χ3v) is 5.30. The highest BCUT2D eigenvalue weighted by Gasteiger charge is 2.32. The summed E-state index contributed by atoms with van der Waals surface area (Å²) in [6.07, 6.45) is 7.23.